The molecule has 1 fully saturated rings. The summed E-state index contributed by atoms with van der Waals surface area (Å²) in [7, 11) is 0. The Morgan fingerprint density at radius 1 is 1.10 bits per heavy atom. The number of halogens is 1. The summed E-state index contributed by atoms with van der Waals surface area (Å²) in [6.07, 6.45) is 2.38. The molecule has 1 atom stereocenters. The normalized spacial score (nSPS) is 19.1. The van der Waals surface area contributed by atoms with Gasteiger partial charge in [0.1, 0.15) is 5.82 Å². The summed E-state index contributed by atoms with van der Waals surface area (Å²) in [6.45, 7) is 6.42. The van der Waals surface area contributed by atoms with Gasteiger partial charge >= 0.3 is 0 Å². The maximum Gasteiger partial charge on any atom is 0.123 e. The lowest BCUT2D eigenvalue weighted by Crippen LogP contribution is -2.23. The highest BCUT2D eigenvalue weighted by atomic mass is 19.1. The minimum absolute atomic E-state index is 0.155. The SMILES string of the molecule is Cc1ccc(CN2CCC[C@@H]2c2ccc(F)cc2)c(C)c1. The van der Waals surface area contributed by atoms with Crippen LogP contribution in [0.3, 0.4) is 0 Å². The van der Waals surface area contributed by atoms with Crippen LogP contribution in [0.5, 0.6) is 0 Å². The van der Waals surface area contributed by atoms with Gasteiger partial charge in [0, 0.05) is 12.6 Å². The summed E-state index contributed by atoms with van der Waals surface area (Å²) in [5, 5.41) is 0. The van der Waals surface area contributed by atoms with E-state index in [0.717, 1.165) is 19.5 Å². The van der Waals surface area contributed by atoms with Crippen molar-refractivity contribution in [1.82, 2.24) is 4.90 Å². The van der Waals surface area contributed by atoms with E-state index in [2.05, 4.69) is 36.9 Å². The van der Waals surface area contributed by atoms with E-state index in [4.69, 9.17) is 0 Å². The van der Waals surface area contributed by atoms with Gasteiger partial charge in [-0.2, -0.15) is 0 Å². The number of nitrogens with zero attached hydrogens (tertiary/aromatic N) is 1. The Bertz CT molecular complexity index is 618. The Morgan fingerprint density at radius 2 is 1.86 bits per heavy atom. The van der Waals surface area contributed by atoms with Crippen LogP contribution >= 0.6 is 0 Å². The molecule has 21 heavy (non-hydrogen) atoms. The summed E-state index contributed by atoms with van der Waals surface area (Å²) in [5.74, 6) is -0.155. The maximum atomic E-state index is 13.1. The van der Waals surface area contributed by atoms with Crippen LogP contribution in [-0.4, -0.2) is 11.4 Å². The average Bonchev–Trinajstić information content (AvgIpc) is 2.91. The molecule has 0 aromatic heterocycles. The molecular weight excluding hydrogens is 261 g/mol. The van der Waals surface area contributed by atoms with Gasteiger partial charge < -0.3 is 0 Å². The summed E-state index contributed by atoms with van der Waals surface area (Å²) in [5.41, 5.74) is 5.31. The maximum absolute atomic E-state index is 13.1. The van der Waals surface area contributed by atoms with Gasteiger partial charge in [-0.3, -0.25) is 4.90 Å². The van der Waals surface area contributed by atoms with Crippen molar-refractivity contribution < 1.29 is 4.39 Å². The second kappa shape index (κ2) is 5.98. The minimum atomic E-state index is -0.155. The number of benzene rings is 2. The predicted octanol–water partition coefficient (Wildman–Crippen LogP) is 4.78. The topological polar surface area (TPSA) is 3.24 Å². The van der Waals surface area contributed by atoms with Crippen LogP contribution in [0, 0.1) is 19.7 Å². The van der Waals surface area contributed by atoms with Crippen molar-refractivity contribution in [2.24, 2.45) is 0 Å². The zero-order chi connectivity index (χ0) is 14.8. The summed E-state index contributed by atoms with van der Waals surface area (Å²) < 4.78 is 13.1. The third kappa shape index (κ3) is 3.16. The monoisotopic (exact) mass is 283 g/mol. The number of rotatable bonds is 3. The Balaban J connectivity index is 1.79. The van der Waals surface area contributed by atoms with Crippen molar-refractivity contribution in [3.05, 3.63) is 70.5 Å². The Kier molecular flexibility index (Phi) is 4.07. The minimum Gasteiger partial charge on any atom is -0.292 e. The molecule has 3 rings (SSSR count). The highest BCUT2D eigenvalue weighted by molar-refractivity contribution is 5.31. The van der Waals surface area contributed by atoms with E-state index in [9.17, 15) is 4.39 Å². The van der Waals surface area contributed by atoms with E-state index >= 15 is 0 Å². The Labute approximate surface area is 126 Å². The zero-order valence-electron chi connectivity index (χ0n) is 12.8. The lowest BCUT2D eigenvalue weighted by atomic mass is 10.0. The Morgan fingerprint density at radius 3 is 2.57 bits per heavy atom. The first-order chi connectivity index (χ1) is 10.1. The molecule has 0 spiro atoms. The summed E-state index contributed by atoms with van der Waals surface area (Å²) >= 11 is 0. The van der Waals surface area contributed by atoms with E-state index in [1.54, 1.807) is 12.1 Å². The molecule has 2 heteroatoms. The molecule has 0 saturated carbocycles. The fourth-order valence-corrected chi connectivity index (χ4v) is 3.32. The third-order valence-electron chi connectivity index (χ3n) is 4.49. The van der Waals surface area contributed by atoms with Crippen molar-refractivity contribution >= 4 is 0 Å². The molecule has 1 aliphatic heterocycles. The molecule has 110 valence electrons. The van der Waals surface area contributed by atoms with E-state index in [-0.39, 0.29) is 5.82 Å². The van der Waals surface area contributed by atoms with E-state index in [1.807, 2.05) is 12.1 Å². The molecule has 0 bridgehead atoms. The molecule has 0 amide bonds. The average molecular weight is 283 g/mol. The second-order valence-corrected chi connectivity index (χ2v) is 6.11. The molecule has 0 unspecified atom stereocenters. The molecule has 0 N–H and O–H groups in total. The molecule has 1 aliphatic rings. The number of aryl methyl sites for hydroxylation is 2. The molecule has 0 radical (unpaired) electrons. The van der Waals surface area contributed by atoms with Crippen molar-refractivity contribution in [2.45, 2.75) is 39.3 Å². The van der Waals surface area contributed by atoms with Crippen LogP contribution in [0.4, 0.5) is 4.39 Å². The smallest absolute Gasteiger partial charge is 0.123 e. The summed E-state index contributed by atoms with van der Waals surface area (Å²) in [4.78, 5) is 2.52. The first-order valence-electron chi connectivity index (χ1n) is 7.69. The molecule has 0 aliphatic carbocycles. The fourth-order valence-electron chi connectivity index (χ4n) is 3.32. The molecule has 2 aromatic carbocycles. The predicted molar refractivity (Wildman–Crippen MR) is 84.7 cm³/mol. The number of hydrogen-bond acceptors (Lipinski definition) is 1. The first-order valence-corrected chi connectivity index (χ1v) is 7.69. The van der Waals surface area contributed by atoms with Gasteiger partial charge in [-0.1, -0.05) is 35.9 Å². The van der Waals surface area contributed by atoms with Crippen LogP contribution in [0.2, 0.25) is 0 Å². The molecule has 1 nitrogen and oxygen atoms in total. The third-order valence-corrected chi connectivity index (χ3v) is 4.49. The number of hydrogen-bond donors (Lipinski definition) is 0. The molecule has 1 heterocycles. The van der Waals surface area contributed by atoms with Crippen LogP contribution in [0.1, 0.15) is 41.1 Å². The first kappa shape index (κ1) is 14.3. The molecular formula is C19H22FN. The van der Waals surface area contributed by atoms with Crippen molar-refractivity contribution in [3.8, 4) is 0 Å². The van der Waals surface area contributed by atoms with Gasteiger partial charge in [0.15, 0.2) is 0 Å². The van der Waals surface area contributed by atoms with Crippen LogP contribution in [0.25, 0.3) is 0 Å². The van der Waals surface area contributed by atoms with E-state index in [1.165, 1.54) is 28.7 Å². The van der Waals surface area contributed by atoms with Crippen LogP contribution < -0.4 is 0 Å². The van der Waals surface area contributed by atoms with Gasteiger partial charge in [0.2, 0.25) is 0 Å². The van der Waals surface area contributed by atoms with Gasteiger partial charge in [0.05, 0.1) is 0 Å². The Hall–Kier alpha value is -1.67. The lowest BCUT2D eigenvalue weighted by molar-refractivity contribution is 0.248. The number of likely N-dealkylation sites (tertiary alicyclic amines) is 1. The van der Waals surface area contributed by atoms with Crippen molar-refractivity contribution in [3.63, 3.8) is 0 Å². The van der Waals surface area contributed by atoms with Crippen molar-refractivity contribution in [2.75, 3.05) is 6.54 Å². The van der Waals surface area contributed by atoms with E-state index in [0.29, 0.717) is 6.04 Å². The van der Waals surface area contributed by atoms with Crippen LogP contribution in [-0.2, 0) is 6.54 Å². The van der Waals surface area contributed by atoms with Crippen molar-refractivity contribution in [1.29, 1.82) is 0 Å². The van der Waals surface area contributed by atoms with Gasteiger partial charge in [-0.25, -0.2) is 4.39 Å². The second-order valence-electron chi connectivity index (χ2n) is 6.11. The largest absolute Gasteiger partial charge is 0.292 e. The highest BCUT2D eigenvalue weighted by Gasteiger charge is 2.26. The fraction of sp³-hybridized carbons (Fsp3) is 0.368. The molecule has 1 saturated heterocycles. The zero-order valence-corrected chi connectivity index (χ0v) is 12.8. The van der Waals surface area contributed by atoms with E-state index < -0.39 is 0 Å². The lowest BCUT2D eigenvalue weighted by Gasteiger charge is -2.25. The van der Waals surface area contributed by atoms with Gasteiger partial charge in [0.25, 0.3) is 0 Å². The van der Waals surface area contributed by atoms with Gasteiger partial charge in [-0.15, -0.1) is 0 Å². The van der Waals surface area contributed by atoms with Crippen LogP contribution in [0.15, 0.2) is 42.5 Å². The highest BCUT2D eigenvalue weighted by Crippen LogP contribution is 2.33. The molecule has 2 aromatic rings. The van der Waals surface area contributed by atoms with Gasteiger partial charge in [-0.05, 0) is 62.1 Å². The standard InChI is InChI=1S/C19H22FN/c1-14-5-6-17(15(2)12-14)13-21-11-3-4-19(21)16-7-9-18(20)10-8-16/h5-10,12,19H,3-4,11,13H2,1-2H3/t19-/m1/s1. The summed E-state index contributed by atoms with van der Waals surface area (Å²) in [6, 6.07) is 14.1. The quantitative estimate of drug-likeness (QED) is 0.783.